The Labute approximate surface area is 264 Å². The molecule has 0 radical (unpaired) electrons. The number of nitrogens with one attached hydrogen (secondary N) is 2. The normalized spacial score (nSPS) is 27.9. The molecule has 2 amide bonds. The number of carbonyl (C=O) groups excluding carboxylic acids is 4. The minimum atomic E-state index is -1.11. The summed E-state index contributed by atoms with van der Waals surface area (Å²) in [6.45, 7) is 7.37. The number of benzene rings is 2. The summed E-state index contributed by atoms with van der Waals surface area (Å²) in [5.74, 6) is -2.44. The van der Waals surface area contributed by atoms with Gasteiger partial charge in [0.2, 0.25) is 11.8 Å². The maximum absolute atomic E-state index is 13.5. The highest BCUT2D eigenvalue weighted by molar-refractivity contribution is 5.93. The van der Waals surface area contributed by atoms with Crippen molar-refractivity contribution in [3.63, 3.8) is 0 Å². The second-order valence-electron chi connectivity index (χ2n) is 12.2. The minimum Gasteiger partial charge on any atom is -0.497 e. The first-order valence-corrected chi connectivity index (χ1v) is 15.5. The van der Waals surface area contributed by atoms with Crippen molar-refractivity contribution >= 4 is 23.8 Å². The molecule has 0 aliphatic carbocycles. The summed E-state index contributed by atoms with van der Waals surface area (Å²) in [7, 11) is 1.57. The number of cyclic esters (lactones) is 2. The third-order valence-corrected chi connectivity index (χ3v) is 8.09. The Hall–Kier alpha value is -4.18. The van der Waals surface area contributed by atoms with Crippen molar-refractivity contribution in [3.05, 3.63) is 77.9 Å². The maximum Gasteiger partial charge on any atom is 0.347 e. The van der Waals surface area contributed by atoms with Gasteiger partial charge in [0.25, 0.3) is 0 Å². The van der Waals surface area contributed by atoms with Gasteiger partial charge in [-0.3, -0.25) is 14.4 Å². The molecule has 10 nitrogen and oxygen atoms in total. The lowest BCUT2D eigenvalue weighted by Gasteiger charge is -2.27. The smallest absolute Gasteiger partial charge is 0.347 e. The number of amides is 2. The molecule has 242 valence electrons. The Kier molecular flexibility index (Phi) is 11.8. The van der Waals surface area contributed by atoms with Gasteiger partial charge in [-0.15, -0.1) is 0 Å². The average Bonchev–Trinajstić information content (AvgIpc) is 3.83. The average molecular weight is 621 g/mol. The molecule has 2 aliphatic rings. The zero-order chi connectivity index (χ0) is 32.5. The second-order valence-corrected chi connectivity index (χ2v) is 12.2. The van der Waals surface area contributed by atoms with Crippen molar-refractivity contribution in [2.45, 2.75) is 77.4 Å². The highest BCUT2D eigenvalue weighted by atomic mass is 16.6. The number of hydrogen-bond acceptors (Lipinski definition) is 8. The van der Waals surface area contributed by atoms with E-state index >= 15 is 0 Å². The van der Waals surface area contributed by atoms with Crippen LogP contribution in [0.15, 0.2) is 66.7 Å². The molecule has 2 aliphatic heterocycles. The van der Waals surface area contributed by atoms with Gasteiger partial charge in [0.15, 0.2) is 6.10 Å². The molecule has 0 aromatic heterocycles. The maximum atomic E-state index is 13.5. The van der Waals surface area contributed by atoms with Gasteiger partial charge in [0.1, 0.15) is 24.0 Å². The summed E-state index contributed by atoms with van der Waals surface area (Å²) in [6, 6.07) is 16.1. The van der Waals surface area contributed by atoms with E-state index in [4.69, 9.17) is 18.9 Å². The molecule has 7 atom stereocenters. The van der Waals surface area contributed by atoms with Crippen LogP contribution in [-0.4, -0.2) is 61.8 Å². The summed E-state index contributed by atoms with van der Waals surface area (Å²) in [4.78, 5) is 52.8. The molecule has 0 saturated carbocycles. The fourth-order valence-corrected chi connectivity index (χ4v) is 5.31. The Morgan fingerprint density at radius 1 is 0.933 bits per heavy atom. The van der Waals surface area contributed by atoms with Gasteiger partial charge in [0, 0.05) is 25.3 Å². The van der Waals surface area contributed by atoms with E-state index in [9.17, 15) is 19.2 Å². The van der Waals surface area contributed by atoms with Crippen LogP contribution in [0.3, 0.4) is 0 Å². The monoisotopic (exact) mass is 620 g/mol. The zero-order valence-electron chi connectivity index (χ0n) is 26.6. The predicted molar refractivity (Wildman–Crippen MR) is 167 cm³/mol. The first-order chi connectivity index (χ1) is 21.5. The first-order valence-electron chi connectivity index (χ1n) is 15.5. The summed E-state index contributed by atoms with van der Waals surface area (Å²) in [6.07, 6.45) is 1.61. The van der Waals surface area contributed by atoms with Crippen LogP contribution in [0.1, 0.15) is 57.8 Å². The lowest BCUT2D eigenvalue weighted by Crippen LogP contribution is -2.49. The van der Waals surface area contributed by atoms with E-state index in [-0.39, 0.29) is 49.9 Å². The standard InChI is InChI=1S/C35H44N2O8/c1-21(2)18-29-35(41)43-28(23(4)31-32(45-31)25-10-7-6-8-11-25)12-9-13-30(38)37-27(19-24-14-16-26(42-5)17-15-24)33(39)36-20-22(3)34(40)44-29/h6-11,13-17,21-23,27-29,31-32H,12,18-20H2,1-5H3,(H,36,39)(H,37,38)/b13-9+/t22-,23-,27-,28+,29+,31-,32-/m1/s1. The van der Waals surface area contributed by atoms with Gasteiger partial charge >= 0.3 is 11.9 Å². The van der Waals surface area contributed by atoms with E-state index in [1.54, 1.807) is 32.2 Å². The molecule has 1 saturated heterocycles. The minimum absolute atomic E-state index is 0.0362. The lowest BCUT2D eigenvalue weighted by molar-refractivity contribution is -0.176. The van der Waals surface area contributed by atoms with Crippen LogP contribution in [0.5, 0.6) is 5.75 Å². The van der Waals surface area contributed by atoms with Crippen LogP contribution in [0.2, 0.25) is 0 Å². The van der Waals surface area contributed by atoms with Crippen molar-refractivity contribution in [3.8, 4) is 5.75 Å². The molecule has 45 heavy (non-hydrogen) atoms. The van der Waals surface area contributed by atoms with Crippen LogP contribution in [0.4, 0.5) is 0 Å². The number of ether oxygens (including phenoxy) is 4. The van der Waals surface area contributed by atoms with E-state index in [2.05, 4.69) is 10.6 Å². The molecule has 0 unspecified atom stereocenters. The van der Waals surface area contributed by atoms with Crippen molar-refractivity contribution in [1.82, 2.24) is 10.6 Å². The summed E-state index contributed by atoms with van der Waals surface area (Å²) in [5, 5.41) is 5.53. The van der Waals surface area contributed by atoms with Crippen LogP contribution in [0.25, 0.3) is 0 Å². The van der Waals surface area contributed by atoms with Crippen molar-refractivity contribution in [1.29, 1.82) is 0 Å². The fourth-order valence-electron chi connectivity index (χ4n) is 5.31. The molecule has 0 bridgehead atoms. The molecular weight excluding hydrogens is 576 g/mol. The molecule has 2 aromatic rings. The number of carbonyl (C=O) groups is 4. The van der Waals surface area contributed by atoms with Crippen LogP contribution < -0.4 is 15.4 Å². The third kappa shape index (κ3) is 9.65. The van der Waals surface area contributed by atoms with Gasteiger partial charge in [0.05, 0.1) is 19.1 Å². The molecule has 2 N–H and O–H groups in total. The van der Waals surface area contributed by atoms with Gasteiger partial charge in [-0.2, -0.15) is 0 Å². The summed E-state index contributed by atoms with van der Waals surface area (Å²) in [5.41, 5.74) is 1.85. The Bertz CT molecular complexity index is 1340. The summed E-state index contributed by atoms with van der Waals surface area (Å²) >= 11 is 0. The molecule has 1 fully saturated rings. The molecule has 2 heterocycles. The largest absolute Gasteiger partial charge is 0.497 e. The van der Waals surface area contributed by atoms with Crippen molar-refractivity contribution in [2.24, 2.45) is 17.8 Å². The highest BCUT2D eigenvalue weighted by Gasteiger charge is 2.47. The van der Waals surface area contributed by atoms with Gasteiger partial charge in [-0.05, 0) is 41.7 Å². The molecule has 2 aromatic carbocycles. The third-order valence-electron chi connectivity index (χ3n) is 8.09. The molecular formula is C35H44N2O8. The molecule has 0 spiro atoms. The van der Waals surface area contributed by atoms with Crippen LogP contribution >= 0.6 is 0 Å². The van der Waals surface area contributed by atoms with Gasteiger partial charge in [-0.25, -0.2) is 4.79 Å². The fraction of sp³-hybridized carbons (Fsp3) is 0.486. The first kappa shape index (κ1) is 33.7. The zero-order valence-corrected chi connectivity index (χ0v) is 26.6. The predicted octanol–water partition coefficient (Wildman–Crippen LogP) is 4.08. The van der Waals surface area contributed by atoms with E-state index in [1.807, 2.05) is 63.2 Å². The van der Waals surface area contributed by atoms with E-state index < -0.39 is 47.9 Å². The topological polar surface area (TPSA) is 133 Å². The van der Waals surface area contributed by atoms with Crippen LogP contribution in [-0.2, 0) is 39.8 Å². The van der Waals surface area contributed by atoms with E-state index in [0.29, 0.717) is 5.75 Å². The quantitative estimate of drug-likeness (QED) is 0.333. The van der Waals surface area contributed by atoms with Crippen molar-refractivity contribution < 1.29 is 38.1 Å². The number of hydrogen-bond donors (Lipinski definition) is 2. The number of methoxy groups -OCH3 is 1. The highest BCUT2D eigenvalue weighted by Crippen LogP contribution is 2.45. The second kappa shape index (κ2) is 15.7. The van der Waals surface area contributed by atoms with Crippen molar-refractivity contribution in [2.75, 3.05) is 13.7 Å². The van der Waals surface area contributed by atoms with E-state index in [1.165, 1.54) is 6.08 Å². The Balaban J connectivity index is 1.57. The number of esters is 2. The number of rotatable bonds is 8. The van der Waals surface area contributed by atoms with Crippen LogP contribution in [0, 0.1) is 17.8 Å². The summed E-state index contributed by atoms with van der Waals surface area (Å²) < 4.78 is 22.9. The van der Waals surface area contributed by atoms with E-state index in [0.717, 1.165) is 11.1 Å². The SMILES string of the molecule is COc1ccc(C[C@H]2NC(=O)/C=C/C[C@@H]([C@@H](C)[C@H]3O[C@@H]3c3ccccc3)OC(=O)[C@H](CC(C)C)OC(=O)[C@H](C)CNC2=O)cc1. The molecule has 4 rings (SSSR count). The lowest BCUT2D eigenvalue weighted by atomic mass is 9.93. The molecule has 10 heteroatoms. The Morgan fingerprint density at radius 2 is 1.64 bits per heavy atom. The van der Waals surface area contributed by atoms with Gasteiger partial charge < -0.3 is 29.6 Å². The number of epoxide rings is 1. The Morgan fingerprint density at radius 3 is 2.31 bits per heavy atom. The van der Waals surface area contributed by atoms with Gasteiger partial charge in [-0.1, -0.05) is 76.2 Å².